The molecule has 0 aromatic carbocycles. The number of ether oxygens (including phenoxy) is 2. The second-order valence-electron chi connectivity index (χ2n) is 11.7. The Kier molecular flexibility index (Phi) is 7.32. The van der Waals surface area contributed by atoms with E-state index in [1.165, 1.54) is 6.20 Å². The van der Waals surface area contributed by atoms with Crippen LogP contribution in [-0.4, -0.2) is 86.9 Å². The number of hydrogen-bond acceptors (Lipinski definition) is 8. The molecule has 2 bridgehead atoms. The van der Waals surface area contributed by atoms with Gasteiger partial charge in [0.2, 0.25) is 0 Å². The third-order valence-electron chi connectivity index (χ3n) is 8.24. The first-order valence-electron chi connectivity index (χ1n) is 13.7. The lowest BCUT2D eigenvalue weighted by molar-refractivity contribution is 0.0122. The quantitative estimate of drug-likeness (QED) is 0.464. The molecule has 0 aliphatic carbocycles. The minimum atomic E-state index is -0.686. The van der Waals surface area contributed by atoms with Crippen molar-refractivity contribution in [2.45, 2.75) is 89.9 Å². The van der Waals surface area contributed by atoms with Crippen LogP contribution >= 0.6 is 11.6 Å². The van der Waals surface area contributed by atoms with E-state index in [1.807, 2.05) is 25.7 Å². The van der Waals surface area contributed by atoms with E-state index in [2.05, 4.69) is 33.6 Å². The monoisotopic (exact) mass is 548 g/mol. The fourth-order valence-corrected chi connectivity index (χ4v) is 6.48. The molecule has 2 aromatic rings. The van der Waals surface area contributed by atoms with Crippen LogP contribution in [0, 0.1) is 5.82 Å². The Morgan fingerprint density at radius 3 is 2.55 bits per heavy atom. The van der Waals surface area contributed by atoms with Gasteiger partial charge < -0.3 is 14.4 Å². The number of amides is 1. The topological polar surface area (TPSA) is 83.9 Å². The Morgan fingerprint density at radius 1 is 1.21 bits per heavy atom. The van der Waals surface area contributed by atoms with E-state index in [1.54, 1.807) is 0 Å². The van der Waals surface area contributed by atoms with Crippen LogP contribution in [0.15, 0.2) is 6.20 Å². The molecule has 5 rings (SSSR count). The average molecular weight is 549 g/mol. The molecule has 1 amide bonds. The fraction of sp³-hybridized carbons (Fsp3) is 0.704. The van der Waals surface area contributed by atoms with Crippen molar-refractivity contribution in [2.75, 3.05) is 37.7 Å². The Morgan fingerprint density at radius 2 is 1.92 bits per heavy atom. The van der Waals surface area contributed by atoms with Crippen molar-refractivity contribution in [3.05, 3.63) is 17.2 Å². The van der Waals surface area contributed by atoms with Gasteiger partial charge in [0.15, 0.2) is 11.0 Å². The number of likely N-dealkylation sites (N-methyl/N-ethyl adjacent to an activating group) is 1. The minimum Gasteiger partial charge on any atom is -0.461 e. The number of nitrogens with zero attached hydrogens (tertiary/aromatic N) is 6. The van der Waals surface area contributed by atoms with Gasteiger partial charge in [-0.2, -0.15) is 9.97 Å². The molecule has 0 spiro atoms. The van der Waals surface area contributed by atoms with Gasteiger partial charge in [-0.05, 0) is 66.0 Å². The van der Waals surface area contributed by atoms with Crippen LogP contribution in [0.1, 0.15) is 66.7 Å². The summed E-state index contributed by atoms with van der Waals surface area (Å²) >= 11 is 6.04. The number of anilines is 1. The third kappa shape index (κ3) is 4.97. The molecule has 3 atom stereocenters. The summed E-state index contributed by atoms with van der Waals surface area (Å²) in [5, 5.41) is 0.242. The number of piperazine rings is 1. The van der Waals surface area contributed by atoms with Crippen LogP contribution in [0.5, 0.6) is 6.01 Å². The number of fused-ring (bicyclic) bond motifs is 3. The van der Waals surface area contributed by atoms with Crippen molar-refractivity contribution in [1.82, 2.24) is 24.8 Å². The van der Waals surface area contributed by atoms with E-state index in [0.717, 1.165) is 45.2 Å². The van der Waals surface area contributed by atoms with Crippen molar-refractivity contribution in [3.63, 3.8) is 0 Å². The summed E-state index contributed by atoms with van der Waals surface area (Å²) in [6.45, 7) is 13.5. The number of hydrogen-bond donors (Lipinski definition) is 0. The Labute approximate surface area is 228 Å². The van der Waals surface area contributed by atoms with Crippen molar-refractivity contribution in [2.24, 2.45) is 0 Å². The number of aromatic nitrogens is 3. The molecular weight excluding hydrogens is 511 g/mol. The maximum Gasteiger partial charge on any atom is 0.410 e. The normalized spacial score (nSPS) is 25.9. The maximum atomic E-state index is 15.2. The molecular formula is C27H38ClFN6O3. The van der Waals surface area contributed by atoms with Crippen molar-refractivity contribution < 1.29 is 18.7 Å². The van der Waals surface area contributed by atoms with Crippen LogP contribution in [0.4, 0.5) is 15.0 Å². The zero-order valence-electron chi connectivity index (χ0n) is 23.0. The van der Waals surface area contributed by atoms with E-state index in [-0.39, 0.29) is 40.4 Å². The summed E-state index contributed by atoms with van der Waals surface area (Å²) < 4.78 is 27.1. The number of carbonyl (C=O) groups is 1. The van der Waals surface area contributed by atoms with Gasteiger partial charge >= 0.3 is 12.1 Å². The first-order chi connectivity index (χ1) is 18.0. The lowest BCUT2D eigenvalue weighted by Gasteiger charge is -2.42. The van der Waals surface area contributed by atoms with Gasteiger partial charge in [-0.25, -0.2) is 14.2 Å². The van der Waals surface area contributed by atoms with Crippen LogP contribution < -0.4 is 9.64 Å². The number of carbonyl (C=O) groups excluding carboxylic acids is 1. The van der Waals surface area contributed by atoms with Crippen molar-refractivity contribution in [3.8, 4) is 6.01 Å². The molecule has 0 radical (unpaired) electrons. The molecule has 0 N–H and O–H groups in total. The van der Waals surface area contributed by atoms with E-state index in [0.29, 0.717) is 30.9 Å². The smallest absolute Gasteiger partial charge is 0.410 e. The zero-order valence-corrected chi connectivity index (χ0v) is 23.7. The summed E-state index contributed by atoms with van der Waals surface area (Å²) in [4.78, 5) is 32.6. The van der Waals surface area contributed by atoms with Crippen LogP contribution in [-0.2, 0) is 4.74 Å². The molecule has 3 saturated heterocycles. The highest BCUT2D eigenvalue weighted by atomic mass is 35.5. The van der Waals surface area contributed by atoms with E-state index in [9.17, 15) is 4.79 Å². The second kappa shape index (κ2) is 10.3. The molecule has 2 aromatic heterocycles. The van der Waals surface area contributed by atoms with Gasteiger partial charge in [0.25, 0.3) is 0 Å². The number of rotatable bonds is 6. The molecule has 9 nitrogen and oxygen atoms in total. The van der Waals surface area contributed by atoms with Gasteiger partial charge in [-0.15, -0.1) is 0 Å². The predicted molar refractivity (Wildman–Crippen MR) is 144 cm³/mol. The summed E-state index contributed by atoms with van der Waals surface area (Å²) in [7, 11) is 0. The zero-order chi connectivity index (χ0) is 27.2. The van der Waals surface area contributed by atoms with Gasteiger partial charge in [0.05, 0.1) is 23.0 Å². The van der Waals surface area contributed by atoms with Gasteiger partial charge in [-0.3, -0.25) is 9.80 Å². The SMILES string of the molecule is CCN1CCCC1(CC)COc1nc(N2CC3CCC(C2)N3C(=O)OC(C)(C)C)c2cnc(Cl)c(F)c2n1. The highest BCUT2D eigenvalue weighted by Crippen LogP contribution is 2.38. The lowest BCUT2D eigenvalue weighted by atomic mass is 9.94. The van der Waals surface area contributed by atoms with Crippen LogP contribution in [0.3, 0.4) is 0 Å². The molecule has 38 heavy (non-hydrogen) atoms. The molecule has 0 saturated carbocycles. The first kappa shape index (κ1) is 27.1. The molecule has 5 heterocycles. The molecule has 11 heteroatoms. The molecule has 3 aliphatic rings. The fourth-order valence-electron chi connectivity index (χ4n) is 6.35. The van der Waals surface area contributed by atoms with Crippen LogP contribution in [0.25, 0.3) is 10.9 Å². The third-order valence-corrected chi connectivity index (χ3v) is 8.50. The summed E-state index contributed by atoms with van der Waals surface area (Å²) in [5.41, 5.74) is -0.552. The molecule has 208 valence electrons. The maximum absolute atomic E-state index is 15.2. The van der Waals surface area contributed by atoms with E-state index >= 15 is 4.39 Å². The van der Waals surface area contributed by atoms with E-state index < -0.39 is 11.4 Å². The summed E-state index contributed by atoms with van der Waals surface area (Å²) in [6, 6.07) is 0.0810. The Balaban J connectivity index is 1.45. The molecule has 3 fully saturated rings. The van der Waals surface area contributed by atoms with Crippen LogP contribution in [0.2, 0.25) is 5.15 Å². The standard InChI is InChI=1S/C27H38ClFN6O3/c1-6-27(11-8-12-34(27)7-2)16-37-24-31-21-19(13-30-22(28)20(21)29)23(32-24)33-14-17-9-10-18(15-33)35(17)25(36)38-26(3,4)5/h13,17-18H,6-12,14-16H2,1-5H3. The molecule has 3 unspecified atom stereocenters. The minimum absolute atomic E-state index is 0.0250. The second-order valence-corrected chi connectivity index (χ2v) is 12.0. The highest BCUT2D eigenvalue weighted by molar-refractivity contribution is 6.30. The summed E-state index contributed by atoms with van der Waals surface area (Å²) in [6.07, 6.45) is 6.08. The molecule has 3 aliphatic heterocycles. The van der Waals surface area contributed by atoms with E-state index in [4.69, 9.17) is 26.1 Å². The largest absolute Gasteiger partial charge is 0.461 e. The van der Waals surface area contributed by atoms with Gasteiger partial charge in [0.1, 0.15) is 23.5 Å². The predicted octanol–water partition coefficient (Wildman–Crippen LogP) is 5.05. The van der Waals surface area contributed by atoms with Crippen molar-refractivity contribution in [1.29, 1.82) is 0 Å². The number of likely N-dealkylation sites (tertiary alicyclic amines) is 1. The number of halogens is 2. The summed E-state index contributed by atoms with van der Waals surface area (Å²) in [5.74, 6) is -0.132. The van der Waals surface area contributed by atoms with Gasteiger partial charge in [0, 0.05) is 19.3 Å². The highest BCUT2D eigenvalue weighted by Gasteiger charge is 2.45. The Bertz CT molecular complexity index is 1200. The van der Waals surface area contributed by atoms with Gasteiger partial charge in [-0.1, -0.05) is 25.4 Å². The van der Waals surface area contributed by atoms with Crippen molar-refractivity contribution >= 4 is 34.4 Å². The number of pyridine rings is 1. The first-order valence-corrected chi connectivity index (χ1v) is 14.1. The average Bonchev–Trinajstić information content (AvgIpc) is 3.41. The Hall–Kier alpha value is -2.46. The lowest BCUT2D eigenvalue weighted by Crippen LogP contribution is -2.57.